The second kappa shape index (κ2) is 8.51. The van der Waals surface area contributed by atoms with E-state index in [2.05, 4.69) is 27.0 Å². The van der Waals surface area contributed by atoms with Crippen molar-refractivity contribution in [2.45, 2.75) is 32.1 Å². The van der Waals surface area contributed by atoms with Gasteiger partial charge in [-0.1, -0.05) is 12.1 Å². The minimum absolute atomic E-state index is 0.0934. The topological polar surface area (TPSA) is 76.0 Å². The van der Waals surface area contributed by atoms with Crippen LogP contribution in [0.25, 0.3) is 11.3 Å². The Hall–Kier alpha value is -3.59. The summed E-state index contributed by atoms with van der Waals surface area (Å²) in [5.41, 5.74) is 5.84. The molecule has 6 nitrogen and oxygen atoms in total. The molecule has 2 saturated heterocycles. The van der Waals surface area contributed by atoms with Gasteiger partial charge in [0.05, 0.1) is 23.5 Å². The average Bonchev–Trinajstić information content (AvgIpc) is 3.24. The molecule has 0 atom stereocenters. The summed E-state index contributed by atoms with van der Waals surface area (Å²) >= 11 is 0. The lowest BCUT2D eigenvalue weighted by Crippen LogP contribution is -2.38. The van der Waals surface area contributed by atoms with Gasteiger partial charge in [0.15, 0.2) is 0 Å². The summed E-state index contributed by atoms with van der Waals surface area (Å²) in [4.78, 5) is 25.3. The second-order valence-electron chi connectivity index (χ2n) is 8.76. The third-order valence-corrected chi connectivity index (χ3v) is 6.73. The zero-order chi connectivity index (χ0) is 22.1. The van der Waals surface area contributed by atoms with Crippen molar-refractivity contribution in [1.82, 2.24) is 14.9 Å². The first kappa shape index (κ1) is 20.3. The molecule has 1 N–H and O–H groups in total. The molecule has 0 saturated carbocycles. The van der Waals surface area contributed by atoms with Gasteiger partial charge in [-0.25, -0.2) is 4.98 Å². The Morgan fingerprint density at radius 2 is 1.84 bits per heavy atom. The Morgan fingerprint density at radius 3 is 2.44 bits per heavy atom. The molecule has 0 unspecified atom stereocenters. The van der Waals surface area contributed by atoms with Gasteiger partial charge in [0.1, 0.15) is 5.82 Å². The van der Waals surface area contributed by atoms with Crippen LogP contribution >= 0.6 is 0 Å². The number of nitrogens with one attached hydrogen (secondary N) is 1. The summed E-state index contributed by atoms with van der Waals surface area (Å²) in [5.74, 6) is 1.40. The number of carbonyl (C=O) groups excluding carboxylic acids is 1. The molecule has 2 fully saturated rings. The van der Waals surface area contributed by atoms with Gasteiger partial charge in [-0.2, -0.15) is 5.26 Å². The molecule has 2 aliphatic heterocycles. The molecule has 0 radical (unpaired) electrons. The third-order valence-electron chi connectivity index (χ3n) is 6.73. The molecule has 32 heavy (non-hydrogen) atoms. The van der Waals surface area contributed by atoms with Crippen LogP contribution in [-0.4, -0.2) is 47.0 Å². The van der Waals surface area contributed by atoms with Crippen molar-refractivity contribution in [1.29, 1.82) is 5.26 Å². The lowest BCUT2D eigenvalue weighted by molar-refractivity contribution is 0.0713. The van der Waals surface area contributed by atoms with Crippen LogP contribution in [0, 0.1) is 18.3 Å². The highest BCUT2D eigenvalue weighted by Crippen LogP contribution is 2.34. The highest BCUT2D eigenvalue weighted by molar-refractivity contribution is 5.97. The van der Waals surface area contributed by atoms with E-state index < -0.39 is 0 Å². The van der Waals surface area contributed by atoms with E-state index in [1.54, 1.807) is 0 Å². The van der Waals surface area contributed by atoms with Gasteiger partial charge in [-0.05, 0) is 68.0 Å². The molecule has 1 aromatic heterocycles. The molecule has 0 spiro atoms. The summed E-state index contributed by atoms with van der Waals surface area (Å²) < 4.78 is 0. The number of benzene rings is 2. The number of amides is 1. The van der Waals surface area contributed by atoms with Gasteiger partial charge in [0.2, 0.25) is 0 Å². The summed E-state index contributed by atoms with van der Waals surface area (Å²) in [6.07, 6.45) is 4.94. The second-order valence-corrected chi connectivity index (χ2v) is 8.76. The first-order chi connectivity index (χ1) is 15.6. The van der Waals surface area contributed by atoms with E-state index in [9.17, 15) is 4.79 Å². The van der Waals surface area contributed by atoms with Gasteiger partial charge in [-0.15, -0.1) is 0 Å². The number of hydrogen-bond donors (Lipinski definition) is 1. The van der Waals surface area contributed by atoms with Crippen molar-refractivity contribution in [3.63, 3.8) is 0 Å². The van der Waals surface area contributed by atoms with E-state index in [4.69, 9.17) is 5.26 Å². The number of anilines is 1. The van der Waals surface area contributed by atoms with E-state index in [1.165, 1.54) is 12.0 Å². The number of H-pyrrole nitrogens is 1. The van der Waals surface area contributed by atoms with Gasteiger partial charge in [0, 0.05) is 43.0 Å². The summed E-state index contributed by atoms with van der Waals surface area (Å²) in [5, 5.41) is 9.00. The predicted octanol–water partition coefficient (Wildman–Crippen LogP) is 4.49. The summed E-state index contributed by atoms with van der Waals surface area (Å²) in [6.45, 7) is 5.54. The van der Waals surface area contributed by atoms with Gasteiger partial charge < -0.3 is 14.8 Å². The summed E-state index contributed by atoms with van der Waals surface area (Å²) in [7, 11) is 0. The van der Waals surface area contributed by atoms with Crippen molar-refractivity contribution >= 4 is 11.6 Å². The number of aryl methyl sites for hydroxylation is 1. The van der Waals surface area contributed by atoms with E-state index in [1.807, 2.05) is 54.4 Å². The number of hydrogen-bond acceptors (Lipinski definition) is 4. The standard InChI is InChI=1S/C26H27N5O/c1-18-28-17-24(29-18)23-15-22(7-8-25(23)30-11-2-12-30)26(32)31-13-9-21(10-14-31)20-5-3-19(16-27)4-6-20/h3-8,15,17,21H,2,9-14H2,1H3,(H,28,29). The van der Waals surface area contributed by atoms with Gasteiger partial charge in [-0.3, -0.25) is 4.79 Å². The number of likely N-dealkylation sites (tertiary alicyclic amines) is 1. The van der Waals surface area contributed by atoms with E-state index in [0.717, 1.165) is 67.4 Å². The van der Waals surface area contributed by atoms with Gasteiger partial charge in [0.25, 0.3) is 5.91 Å². The van der Waals surface area contributed by atoms with Crippen molar-refractivity contribution in [2.24, 2.45) is 0 Å². The number of nitrogens with zero attached hydrogens (tertiary/aromatic N) is 4. The number of rotatable bonds is 4. The van der Waals surface area contributed by atoms with Crippen LogP contribution < -0.4 is 4.90 Å². The van der Waals surface area contributed by atoms with Crippen molar-refractivity contribution in [3.8, 4) is 17.3 Å². The smallest absolute Gasteiger partial charge is 0.253 e. The molecule has 5 rings (SSSR count). The lowest BCUT2D eigenvalue weighted by atomic mass is 9.88. The molecule has 3 heterocycles. The zero-order valence-corrected chi connectivity index (χ0v) is 18.3. The van der Waals surface area contributed by atoms with Crippen molar-refractivity contribution < 1.29 is 4.79 Å². The molecule has 6 heteroatoms. The number of aromatic amines is 1. The van der Waals surface area contributed by atoms with Crippen LogP contribution in [0.1, 0.15) is 52.5 Å². The molecule has 0 aliphatic carbocycles. The normalized spacial score (nSPS) is 16.5. The molecular weight excluding hydrogens is 398 g/mol. The fourth-order valence-corrected chi connectivity index (χ4v) is 4.70. The van der Waals surface area contributed by atoms with E-state index in [-0.39, 0.29) is 5.91 Å². The Bertz CT molecular complexity index is 1160. The number of carbonyl (C=O) groups is 1. The molecule has 0 bridgehead atoms. The monoisotopic (exact) mass is 425 g/mol. The van der Waals surface area contributed by atoms with Crippen LogP contribution in [0.4, 0.5) is 5.69 Å². The lowest BCUT2D eigenvalue weighted by Gasteiger charge is -2.35. The highest BCUT2D eigenvalue weighted by Gasteiger charge is 2.26. The average molecular weight is 426 g/mol. The van der Waals surface area contributed by atoms with Crippen LogP contribution in [-0.2, 0) is 0 Å². The minimum atomic E-state index is 0.0934. The SMILES string of the molecule is Cc1ncc(-c2cc(C(=O)N3CCC(c4ccc(C#N)cc4)CC3)ccc2N2CCC2)[nH]1. The molecule has 1 amide bonds. The first-order valence-electron chi connectivity index (χ1n) is 11.3. The maximum atomic E-state index is 13.3. The quantitative estimate of drug-likeness (QED) is 0.668. The Kier molecular flexibility index (Phi) is 5.40. The van der Waals surface area contributed by atoms with Crippen molar-refractivity contribution in [3.05, 3.63) is 71.2 Å². The maximum Gasteiger partial charge on any atom is 0.253 e. The highest BCUT2D eigenvalue weighted by atomic mass is 16.2. The number of imidazole rings is 1. The number of piperidine rings is 1. The molecule has 2 aromatic carbocycles. The number of nitriles is 1. The number of aromatic nitrogens is 2. The predicted molar refractivity (Wildman–Crippen MR) is 125 cm³/mol. The Balaban J connectivity index is 1.33. The van der Waals surface area contributed by atoms with Crippen LogP contribution in [0.5, 0.6) is 0 Å². The largest absolute Gasteiger partial charge is 0.371 e. The van der Waals surface area contributed by atoms with Crippen LogP contribution in [0.15, 0.2) is 48.7 Å². The fraction of sp³-hybridized carbons (Fsp3) is 0.346. The fourth-order valence-electron chi connectivity index (χ4n) is 4.70. The summed E-state index contributed by atoms with van der Waals surface area (Å²) in [6, 6.07) is 16.1. The minimum Gasteiger partial charge on any atom is -0.371 e. The van der Waals surface area contributed by atoms with E-state index >= 15 is 0 Å². The first-order valence-corrected chi connectivity index (χ1v) is 11.3. The van der Waals surface area contributed by atoms with Crippen LogP contribution in [0.3, 0.4) is 0 Å². The Labute approximate surface area is 188 Å². The molecule has 2 aliphatic rings. The maximum absolute atomic E-state index is 13.3. The van der Waals surface area contributed by atoms with Crippen molar-refractivity contribution in [2.75, 3.05) is 31.1 Å². The third kappa shape index (κ3) is 3.87. The molecular formula is C26H27N5O. The zero-order valence-electron chi connectivity index (χ0n) is 18.3. The van der Waals surface area contributed by atoms with Crippen LogP contribution in [0.2, 0.25) is 0 Å². The Morgan fingerprint density at radius 1 is 1.09 bits per heavy atom. The van der Waals surface area contributed by atoms with Gasteiger partial charge >= 0.3 is 0 Å². The molecule has 3 aromatic rings. The van der Waals surface area contributed by atoms with E-state index in [0.29, 0.717) is 11.5 Å². The molecule has 162 valence electrons.